The Morgan fingerprint density at radius 3 is 2.88 bits per heavy atom. The van der Waals surface area contributed by atoms with E-state index in [1.807, 2.05) is 6.92 Å². The molecule has 3 N–H and O–H groups in total. The topological polar surface area (TPSA) is 81.7 Å². The van der Waals surface area contributed by atoms with E-state index < -0.39 is 17.2 Å². The van der Waals surface area contributed by atoms with Gasteiger partial charge in [0.25, 0.3) is 11.8 Å². The highest BCUT2D eigenvalue weighted by Crippen LogP contribution is 2.41. The van der Waals surface area contributed by atoms with Crippen molar-refractivity contribution in [2.24, 2.45) is 5.41 Å². The molecule has 0 radical (unpaired) electrons. The first-order valence-corrected chi connectivity index (χ1v) is 8.70. The highest BCUT2D eigenvalue weighted by molar-refractivity contribution is 6.44. The van der Waals surface area contributed by atoms with E-state index in [0.29, 0.717) is 13.0 Å². The summed E-state index contributed by atoms with van der Waals surface area (Å²) in [5.41, 5.74) is -0.698. The molecule has 2 atom stereocenters. The molecule has 134 valence electrons. The maximum absolute atomic E-state index is 12.7. The van der Waals surface area contributed by atoms with E-state index in [1.54, 1.807) is 25.2 Å². The molecule has 1 aromatic carbocycles. The average molecular weight is 384 g/mol. The predicted molar refractivity (Wildman–Crippen MR) is 96.9 cm³/mol. The van der Waals surface area contributed by atoms with Crippen molar-refractivity contribution in [2.45, 2.75) is 19.4 Å². The number of piperidine rings is 1. The molecular weight excluding hydrogens is 365 g/mol. The van der Waals surface area contributed by atoms with Gasteiger partial charge in [-0.15, -0.1) is 0 Å². The van der Waals surface area contributed by atoms with Gasteiger partial charge in [0, 0.05) is 19.6 Å². The molecule has 1 fully saturated rings. The minimum Gasteiger partial charge on any atom is -0.511 e. The fraction of sp³-hybridized carbons (Fsp3) is 0.412. The van der Waals surface area contributed by atoms with E-state index in [0.717, 1.165) is 6.54 Å². The van der Waals surface area contributed by atoms with E-state index in [9.17, 15) is 14.7 Å². The highest BCUT2D eigenvalue weighted by Gasteiger charge is 2.51. The van der Waals surface area contributed by atoms with Gasteiger partial charge in [0.05, 0.1) is 21.1 Å². The Hall–Kier alpha value is -1.76. The standard InChI is InChI=1S/C17H19Cl2N3O3/c1-17-8-20-7-6-11(17)22(2)16(25)12(14(17)23)15(24)21-10-5-3-4-9(18)13(10)19/h3-5,11,20,23H,6-8H2,1-2H3,(H,21,24)/t11-,17-/m0/s1. The fourth-order valence-corrected chi connectivity index (χ4v) is 3.93. The number of carbonyl (C=O) groups is 2. The number of aliphatic hydroxyl groups excluding tert-OH is 1. The monoisotopic (exact) mass is 383 g/mol. The number of nitrogens with one attached hydrogen (secondary N) is 2. The molecule has 0 aliphatic carbocycles. The van der Waals surface area contributed by atoms with E-state index in [-0.39, 0.29) is 33.1 Å². The first kappa shape index (κ1) is 18.0. The van der Waals surface area contributed by atoms with Crippen LogP contribution in [0.2, 0.25) is 10.0 Å². The Bertz CT molecular complexity index is 780. The zero-order chi connectivity index (χ0) is 18.4. The molecule has 2 aliphatic rings. The molecule has 1 aromatic rings. The van der Waals surface area contributed by atoms with Crippen LogP contribution in [0.15, 0.2) is 29.5 Å². The van der Waals surface area contributed by atoms with Crippen LogP contribution in [0.5, 0.6) is 0 Å². The van der Waals surface area contributed by atoms with Crippen molar-refractivity contribution in [2.75, 3.05) is 25.5 Å². The first-order chi connectivity index (χ1) is 11.8. The maximum atomic E-state index is 12.7. The second kappa shape index (κ2) is 6.52. The van der Waals surface area contributed by atoms with Crippen LogP contribution in [0.3, 0.4) is 0 Å². The lowest BCUT2D eigenvalue weighted by atomic mass is 9.71. The Kier molecular flexibility index (Phi) is 4.70. The van der Waals surface area contributed by atoms with Crippen molar-refractivity contribution in [1.29, 1.82) is 0 Å². The molecule has 8 heteroatoms. The lowest BCUT2D eigenvalue weighted by molar-refractivity contribution is -0.136. The number of carbonyl (C=O) groups excluding carboxylic acids is 2. The molecule has 0 saturated carbocycles. The van der Waals surface area contributed by atoms with Gasteiger partial charge in [-0.2, -0.15) is 0 Å². The maximum Gasteiger partial charge on any atom is 0.264 e. The minimum atomic E-state index is -0.717. The summed E-state index contributed by atoms with van der Waals surface area (Å²) in [6, 6.07) is 4.64. The molecule has 0 aromatic heterocycles. The summed E-state index contributed by atoms with van der Waals surface area (Å²) in [6.45, 7) is 3.09. The fourth-order valence-electron chi connectivity index (χ4n) is 3.58. The Morgan fingerprint density at radius 1 is 1.44 bits per heavy atom. The molecular formula is C17H19Cl2N3O3. The van der Waals surface area contributed by atoms with Gasteiger partial charge in [-0.05, 0) is 32.0 Å². The number of nitrogens with zero attached hydrogens (tertiary/aromatic N) is 1. The third kappa shape index (κ3) is 2.88. The summed E-state index contributed by atoms with van der Waals surface area (Å²) < 4.78 is 0. The molecule has 2 aliphatic heterocycles. The molecule has 6 nitrogen and oxygen atoms in total. The molecule has 0 spiro atoms. The molecule has 2 amide bonds. The molecule has 1 saturated heterocycles. The number of anilines is 1. The van der Waals surface area contributed by atoms with Crippen LogP contribution in [0.4, 0.5) is 5.69 Å². The number of halogens is 2. The van der Waals surface area contributed by atoms with Gasteiger partial charge in [0.15, 0.2) is 0 Å². The first-order valence-electron chi connectivity index (χ1n) is 7.94. The smallest absolute Gasteiger partial charge is 0.264 e. The summed E-state index contributed by atoms with van der Waals surface area (Å²) in [4.78, 5) is 26.9. The number of rotatable bonds is 2. The lowest BCUT2D eigenvalue weighted by Gasteiger charge is -2.49. The summed E-state index contributed by atoms with van der Waals surface area (Å²) >= 11 is 12.0. The average Bonchev–Trinajstić information content (AvgIpc) is 2.58. The lowest BCUT2D eigenvalue weighted by Crippen LogP contribution is -2.61. The number of benzene rings is 1. The zero-order valence-electron chi connectivity index (χ0n) is 13.9. The van der Waals surface area contributed by atoms with Gasteiger partial charge < -0.3 is 20.6 Å². The number of aliphatic hydroxyl groups is 1. The molecule has 3 rings (SSSR count). The van der Waals surface area contributed by atoms with E-state index in [4.69, 9.17) is 23.2 Å². The number of hydrogen-bond acceptors (Lipinski definition) is 4. The van der Waals surface area contributed by atoms with Gasteiger partial charge in [0.1, 0.15) is 11.3 Å². The van der Waals surface area contributed by atoms with Crippen LogP contribution >= 0.6 is 23.2 Å². The van der Waals surface area contributed by atoms with Crippen molar-refractivity contribution in [1.82, 2.24) is 10.2 Å². The van der Waals surface area contributed by atoms with Gasteiger partial charge in [-0.3, -0.25) is 9.59 Å². The largest absolute Gasteiger partial charge is 0.511 e. The molecule has 0 bridgehead atoms. The van der Waals surface area contributed by atoms with Gasteiger partial charge in [0.2, 0.25) is 0 Å². The van der Waals surface area contributed by atoms with E-state index in [1.165, 1.54) is 4.90 Å². The zero-order valence-corrected chi connectivity index (χ0v) is 15.4. The Balaban J connectivity index is 1.99. The number of fused-ring (bicyclic) bond motifs is 1. The van der Waals surface area contributed by atoms with Gasteiger partial charge in [-0.1, -0.05) is 29.3 Å². The van der Waals surface area contributed by atoms with Crippen LogP contribution in [-0.2, 0) is 9.59 Å². The third-order valence-corrected chi connectivity index (χ3v) is 5.85. The van der Waals surface area contributed by atoms with Crippen LogP contribution in [0.25, 0.3) is 0 Å². The van der Waals surface area contributed by atoms with Crippen molar-refractivity contribution >= 4 is 40.7 Å². The van der Waals surface area contributed by atoms with Crippen molar-refractivity contribution in [3.05, 3.63) is 39.6 Å². The highest BCUT2D eigenvalue weighted by atomic mass is 35.5. The molecule has 2 heterocycles. The van der Waals surface area contributed by atoms with E-state index >= 15 is 0 Å². The van der Waals surface area contributed by atoms with Crippen LogP contribution in [0.1, 0.15) is 13.3 Å². The third-order valence-electron chi connectivity index (χ3n) is 5.03. The van der Waals surface area contributed by atoms with Gasteiger partial charge in [-0.25, -0.2) is 0 Å². The van der Waals surface area contributed by atoms with Crippen molar-refractivity contribution < 1.29 is 14.7 Å². The second-order valence-electron chi connectivity index (χ2n) is 6.59. The van der Waals surface area contributed by atoms with Gasteiger partial charge >= 0.3 is 0 Å². The van der Waals surface area contributed by atoms with Crippen LogP contribution < -0.4 is 10.6 Å². The molecule has 25 heavy (non-hydrogen) atoms. The van der Waals surface area contributed by atoms with E-state index in [2.05, 4.69) is 10.6 Å². The quantitative estimate of drug-likeness (QED) is 0.685. The summed E-state index contributed by atoms with van der Waals surface area (Å²) in [5.74, 6) is -1.40. The van der Waals surface area contributed by atoms with Crippen LogP contribution in [0, 0.1) is 5.41 Å². The van der Waals surface area contributed by atoms with Crippen molar-refractivity contribution in [3.63, 3.8) is 0 Å². The van der Waals surface area contributed by atoms with Crippen molar-refractivity contribution in [3.8, 4) is 0 Å². The number of amides is 2. The Morgan fingerprint density at radius 2 is 2.16 bits per heavy atom. The predicted octanol–water partition coefficient (Wildman–Crippen LogP) is 2.58. The normalized spacial score (nSPS) is 26.5. The summed E-state index contributed by atoms with van der Waals surface area (Å²) in [5, 5.41) is 17.0. The number of hydrogen-bond donors (Lipinski definition) is 3. The Labute approximate surface area is 155 Å². The summed E-state index contributed by atoms with van der Waals surface area (Å²) in [7, 11) is 1.66. The minimum absolute atomic E-state index is 0.160. The molecule has 0 unspecified atom stereocenters. The number of likely N-dealkylation sites (N-methyl/N-ethyl adjacent to an activating group) is 1. The summed E-state index contributed by atoms with van der Waals surface area (Å²) in [6.07, 6.45) is 0.706. The van der Waals surface area contributed by atoms with Crippen LogP contribution in [-0.4, -0.2) is 48.0 Å². The second-order valence-corrected chi connectivity index (χ2v) is 7.38. The SMILES string of the molecule is CN1C(=O)C(C(=O)Nc2cccc(Cl)c2Cl)=C(O)[C@@]2(C)CNCC[C@H]12.